The largest absolute Gasteiger partial charge is 0.380 e. The van der Waals surface area contributed by atoms with Crippen LogP contribution in [0.3, 0.4) is 0 Å². The topological polar surface area (TPSA) is 54.9 Å². The molecule has 1 heterocycles. The number of hydrogen-bond donors (Lipinski definition) is 2. The molecule has 0 aromatic heterocycles. The Kier molecular flexibility index (Phi) is 8.72. The summed E-state index contributed by atoms with van der Waals surface area (Å²) in [4.78, 5) is 4.79. The van der Waals surface area contributed by atoms with Gasteiger partial charge in [0, 0.05) is 32.7 Å². The van der Waals surface area contributed by atoms with E-state index in [1.54, 1.807) is 7.11 Å². The molecule has 2 N–H and O–H groups in total. The van der Waals surface area contributed by atoms with Gasteiger partial charge in [-0.15, -0.1) is 0 Å². The Bertz CT molecular complexity index is 804. The Balaban J connectivity index is 1.63. The number of rotatable bonds is 8. The van der Waals surface area contributed by atoms with Crippen molar-refractivity contribution in [2.75, 3.05) is 26.8 Å². The lowest BCUT2D eigenvalue weighted by molar-refractivity contribution is -0.0265. The van der Waals surface area contributed by atoms with E-state index in [1.807, 2.05) is 0 Å². The molecule has 0 amide bonds. The van der Waals surface area contributed by atoms with Gasteiger partial charge in [0.05, 0.1) is 19.3 Å². The van der Waals surface area contributed by atoms with Crippen LogP contribution in [0.5, 0.6) is 0 Å². The van der Waals surface area contributed by atoms with Crippen molar-refractivity contribution in [1.29, 1.82) is 0 Å². The highest BCUT2D eigenvalue weighted by Gasteiger charge is 2.27. The van der Waals surface area contributed by atoms with Gasteiger partial charge in [0.25, 0.3) is 0 Å². The average molecular weight is 410 g/mol. The van der Waals surface area contributed by atoms with Crippen LogP contribution in [0.4, 0.5) is 0 Å². The summed E-state index contributed by atoms with van der Waals surface area (Å²) in [6, 6.07) is 17.1. The molecule has 162 valence electrons. The van der Waals surface area contributed by atoms with E-state index >= 15 is 0 Å². The fourth-order valence-corrected chi connectivity index (χ4v) is 3.90. The lowest BCUT2D eigenvalue weighted by atomic mass is 9.89. The monoisotopic (exact) mass is 409 g/mol. The molecule has 3 rings (SSSR count). The van der Waals surface area contributed by atoms with Gasteiger partial charge in [-0.2, -0.15) is 0 Å². The summed E-state index contributed by atoms with van der Waals surface area (Å²) < 4.78 is 11.4. The SMILES string of the molecule is CCNC(=NCc1cccc(COC)c1)NCC1CCCOC1c1ccc(C)cc1. The van der Waals surface area contributed by atoms with E-state index in [1.165, 1.54) is 22.3 Å². The van der Waals surface area contributed by atoms with E-state index in [2.05, 4.69) is 73.0 Å². The fourth-order valence-electron chi connectivity index (χ4n) is 3.90. The number of ether oxygens (including phenoxy) is 2. The molecule has 0 radical (unpaired) electrons. The number of guanidine groups is 1. The molecule has 1 fully saturated rings. The summed E-state index contributed by atoms with van der Waals surface area (Å²) in [5.41, 5.74) is 4.90. The molecule has 2 aromatic carbocycles. The quantitative estimate of drug-likeness (QED) is 0.502. The molecule has 0 spiro atoms. The Morgan fingerprint density at radius 3 is 2.70 bits per heavy atom. The van der Waals surface area contributed by atoms with Crippen LogP contribution < -0.4 is 10.6 Å². The van der Waals surface area contributed by atoms with Gasteiger partial charge in [0.15, 0.2) is 5.96 Å². The zero-order chi connectivity index (χ0) is 21.2. The van der Waals surface area contributed by atoms with Gasteiger partial charge in [-0.1, -0.05) is 54.1 Å². The van der Waals surface area contributed by atoms with Gasteiger partial charge >= 0.3 is 0 Å². The first-order chi connectivity index (χ1) is 14.7. The van der Waals surface area contributed by atoms with E-state index in [9.17, 15) is 0 Å². The van der Waals surface area contributed by atoms with Crippen LogP contribution >= 0.6 is 0 Å². The zero-order valence-electron chi connectivity index (χ0n) is 18.5. The molecule has 0 bridgehead atoms. The summed E-state index contributed by atoms with van der Waals surface area (Å²) in [5, 5.41) is 6.91. The normalized spacial score (nSPS) is 19.5. The average Bonchev–Trinajstić information content (AvgIpc) is 2.77. The molecule has 5 heteroatoms. The molecule has 2 unspecified atom stereocenters. The maximum atomic E-state index is 6.16. The molecule has 2 aromatic rings. The highest BCUT2D eigenvalue weighted by atomic mass is 16.5. The van der Waals surface area contributed by atoms with E-state index < -0.39 is 0 Å². The molecule has 30 heavy (non-hydrogen) atoms. The second-order valence-electron chi connectivity index (χ2n) is 7.93. The summed E-state index contributed by atoms with van der Waals surface area (Å²) in [7, 11) is 1.72. The number of aryl methyl sites for hydroxylation is 1. The molecule has 0 saturated carbocycles. The van der Waals surface area contributed by atoms with Crippen molar-refractivity contribution < 1.29 is 9.47 Å². The molecular formula is C25H35N3O2. The molecule has 5 nitrogen and oxygen atoms in total. The summed E-state index contributed by atoms with van der Waals surface area (Å²) in [6.07, 6.45) is 2.40. The van der Waals surface area contributed by atoms with Gasteiger partial charge in [-0.3, -0.25) is 0 Å². The number of aliphatic imine (C=N–C) groups is 1. The van der Waals surface area contributed by atoms with Gasteiger partial charge in [0.2, 0.25) is 0 Å². The molecule has 1 aliphatic heterocycles. The third kappa shape index (κ3) is 6.57. The van der Waals surface area contributed by atoms with Crippen LogP contribution in [0.15, 0.2) is 53.5 Å². The summed E-state index contributed by atoms with van der Waals surface area (Å²) in [5.74, 6) is 1.28. The van der Waals surface area contributed by atoms with Crippen molar-refractivity contribution in [2.45, 2.75) is 45.9 Å². The second kappa shape index (κ2) is 11.7. The lowest BCUT2D eigenvalue weighted by Crippen LogP contribution is -2.42. The van der Waals surface area contributed by atoms with Crippen molar-refractivity contribution in [3.05, 3.63) is 70.8 Å². The Hall–Kier alpha value is -2.37. The standard InChI is InChI=1S/C25H35N3O2/c1-4-26-25(27-16-20-7-5-8-21(15-20)18-29-3)28-17-23-9-6-14-30-24(23)22-12-10-19(2)11-13-22/h5,7-8,10-13,15,23-24H,4,6,9,14,16-18H2,1-3H3,(H2,26,27,28). The minimum Gasteiger partial charge on any atom is -0.380 e. The number of nitrogens with one attached hydrogen (secondary N) is 2. The minimum absolute atomic E-state index is 0.139. The van der Waals surface area contributed by atoms with E-state index in [0.29, 0.717) is 19.1 Å². The number of nitrogens with zero attached hydrogens (tertiary/aromatic N) is 1. The number of benzene rings is 2. The molecule has 0 aliphatic carbocycles. The molecule has 2 atom stereocenters. The van der Waals surface area contributed by atoms with Crippen molar-refractivity contribution in [3.63, 3.8) is 0 Å². The van der Waals surface area contributed by atoms with Gasteiger partial charge in [0.1, 0.15) is 0 Å². The third-order valence-corrected chi connectivity index (χ3v) is 5.45. The lowest BCUT2D eigenvalue weighted by Gasteiger charge is -2.32. The van der Waals surface area contributed by atoms with Crippen LogP contribution in [0.2, 0.25) is 0 Å². The van der Waals surface area contributed by atoms with Crippen molar-refractivity contribution >= 4 is 5.96 Å². The van der Waals surface area contributed by atoms with Crippen molar-refractivity contribution in [2.24, 2.45) is 10.9 Å². The first-order valence-electron chi connectivity index (χ1n) is 11.0. The van der Waals surface area contributed by atoms with Gasteiger partial charge < -0.3 is 20.1 Å². The highest BCUT2D eigenvalue weighted by Crippen LogP contribution is 2.33. The van der Waals surface area contributed by atoms with Crippen LogP contribution in [-0.2, 0) is 22.6 Å². The third-order valence-electron chi connectivity index (χ3n) is 5.45. The second-order valence-corrected chi connectivity index (χ2v) is 7.93. The van der Waals surface area contributed by atoms with Gasteiger partial charge in [-0.25, -0.2) is 4.99 Å². The van der Waals surface area contributed by atoms with E-state index in [4.69, 9.17) is 14.5 Å². The number of methoxy groups -OCH3 is 1. The van der Waals surface area contributed by atoms with Crippen LogP contribution in [-0.4, -0.2) is 32.8 Å². The Morgan fingerprint density at radius 2 is 1.93 bits per heavy atom. The maximum Gasteiger partial charge on any atom is 0.191 e. The summed E-state index contributed by atoms with van der Waals surface area (Å²) in [6.45, 7) is 7.98. The maximum absolute atomic E-state index is 6.16. The first-order valence-corrected chi connectivity index (χ1v) is 11.0. The predicted molar refractivity (Wildman–Crippen MR) is 123 cm³/mol. The fraction of sp³-hybridized carbons (Fsp3) is 0.480. The summed E-state index contributed by atoms with van der Waals surface area (Å²) >= 11 is 0. The molecule has 1 saturated heterocycles. The van der Waals surface area contributed by atoms with Gasteiger partial charge in [-0.05, 0) is 43.4 Å². The minimum atomic E-state index is 0.139. The van der Waals surface area contributed by atoms with E-state index in [-0.39, 0.29) is 6.10 Å². The Labute approximate surface area is 180 Å². The first kappa shape index (κ1) is 22.3. The molecular weight excluding hydrogens is 374 g/mol. The number of hydrogen-bond acceptors (Lipinski definition) is 3. The van der Waals surface area contributed by atoms with Crippen LogP contribution in [0.25, 0.3) is 0 Å². The van der Waals surface area contributed by atoms with Crippen molar-refractivity contribution in [3.8, 4) is 0 Å². The molecule has 1 aliphatic rings. The van der Waals surface area contributed by atoms with Crippen LogP contribution in [0, 0.1) is 12.8 Å². The van der Waals surface area contributed by atoms with Crippen LogP contribution in [0.1, 0.15) is 48.1 Å². The smallest absolute Gasteiger partial charge is 0.191 e. The zero-order valence-corrected chi connectivity index (χ0v) is 18.5. The van der Waals surface area contributed by atoms with E-state index in [0.717, 1.165) is 38.5 Å². The van der Waals surface area contributed by atoms with Crippen molar-refractivity contribution in [1.82, 2.24) is 10.6 Å². The Morgan fingerprint density at radius 1 is 1.13 bits per heavy atom. The predicted octanol–water partition coefficient (Wildman–Crippen LogP) is 4.36. The highest BCUT2D eigenvalue weighted by molar-refractivity contribution is 5.79.